The summed E-state index contributed by atoms with van der Waals surface area (Å²) in [5.74, 6) is 0.169. The lowest BCUT2D eigenvalue weighted by Gasteiger charge is -2.26. The van der Waals surface area contributed by atoms with Crippen LogP contribution in [-0.4, -0.2) is 30.2 Å². The van der Waals surface area contributed by atoms with Crippen molar-refractivity contribution in [1.29, 1.82) is 0 Å². The predicted octanol–water partition coefficient (Wildman–Crippen LogP) is 0.00250. The predicted molar refractivity (Wildman–Crippen MR) is 54.6 cm³/mol. The Bertz CT molecular complexity index is 185. The average Bonchev–Trinajstić information content (AvgIpc) is 2.18. The molecule has 1 aliphatic rings. The summed E-state index contributed by atoms with van der Waals surface area (Å²) in [7, 11) is 0. The van der Waals surface area contributed by atoms with E-state index in [2.05, 4.69) is 5.32 Å². The number of aliphatic hydroxyl groups is 1. The lowest BCUT2D eigenvalue weighted by atomic mass is 9.84. The minimum absolute atomic E-state index is 0.0152. The zero-order valence-corrected chi connectivity index (χ0v) is 8.54. The first kappa shape index (κ1) is 11.5. The molecule has 1 aliphatic carbocycles. The molecule has 1 rings (SSSR count). The van der Waals surface area contributed by atoms with E-state index in [0.29, 0.717) is 19.5 Å². The van der Waals surface area contributed by atoms with Gasteiger partial charge >= 0.3 is 0 Å². The molecular formula is C10H20N2O2. The van der Waals surface area contributed by atoms with Gasteiger partial charge in [0.05, 0.1) is 6.10 Å². The third-order valence-electron chi connectivity index (χ3n) is 2.78. The van der Waals surface area contributed by atoms with E-state index in [4.69, 9.17) is 5.73 Å². The first-order valence-corrected chi connectivity index (χ1v) is 5.39. The molecule has 0 aliphatic heterocycles. The van der Waals surface area contributed by atoms with E-state index in [9.17, 15) is 9.90 Å². The Hall–Kier alpha value is -0.610. The molecule has 4 N–H and O–H groups in total. The van der Waals surface area contributed by atoms with Crippen molar-refractivity contribution in [3.63, 3.8) is 0 Å². The van der Waals surface area contributed by atoms with Crippen molar-refractivity contribution in [3.05, 3.63) is 0 Å². The van der Waals surface area contributed by atoms with Gasteiger partial charge in [-0.15, -0.1) is 0 Å². The molecule has 0 saturated heterocycles. The monoisotopic (exact) mass is 200 g/mol. The summed E-state index contributed by atoms with van der Waals surface area (Å²) in [6, 6.07) is 0. The third kappa shape index (κ3) is 3.64. The fourth-order valence-electron chi connectivity index (χ4n) is 1.95. The second kappa shape index (κ2) is 5.98. The molecule has 2 atom stereocenters. The van der Waals surface area contributed by atoms with Crippen LogP contribution >= 0.6 is 0 Å². The standard InChI is InChI=1S/C10H20N2O2/c11-5-6-12-10(14)7-8-3-1-2-4-9(8)13/h8-9,13H,1-7,11H2,(H,12,14)/t8-,9+/m0/s1. The molecule has 0 aromatic carbocycles. The molecule has 14 heavy (non-hydrogen) atoms. The van der Waals surface area contributed by atoms with Crippen LogP contribution in [0.15, 0.2) is 0 Å². The van der Waals surface area contributed by atoms with Crippen LogP contribution in [-0.2, 0) is 4.79 Å². The van der Waals surface area contributed by atoms with Crippen molar-refractivity contribution < 1.29 is 9.90 Å². The van der Waals surface area contributed by atoms with Crippen LogP contribution in [0.3, 0.4) is 0 Å². The number of nitrogens with one attached hydrogen (secondary N) is 1. The van der Waals surface area contributed by atoms with Crippen molar-refractivity contribution in [2.45, 2.75) is 38.2 Å². The van der Waals surface area contributed by atoms with Crippen LogP contribution < -0.4 is 11.1 Å². The van der Waals surface area contributed by atoms with Gasteiger partial charge in [-0.3, -0.25) is 4.79 Å². The van der Waals surface area contributed by atoms with Crippen molar-refractivity contribution in [2.75, 3.05) is 13.1 Å². The summed E-state index contributed by atoms with van der Waals surface area (Å²) in [6.45, 7) is 1.00. The molecule has 1 fully saturated rings. The molecular weight excluding hydrogens is 180 g/mol. The van der Waals surface area contributed by atoms with E-state index >= 15 is 0 Å². The van der Waals surface area contributed by atoms with Gasteiger partial charge in [0.25, 0.3) is 0 Å². The molecule has 0 aromatic heterocycles. The number of rotatable bonds is 4. The molecule has 0 spiro atoms. The van der Waals surface area contributed by atoms with Crippen molar-refractivity contribution >= 4 is 5.91 Å². The van der Waals surface area contributed by atoms with E-state index < -0.39 is 0 Å². The van der Waals surface area contributed by atoms with Gasteiger partial charge in [0.15, 0.2) is 0 Å². The Morgan fingerprint density at radius 3 is 2.79 bits per heavy atom. The SMILES string of the molecule is NCCNC(=O)C[C@@H]1CCCC[C@H]1O. The number of carbonyl (C=O) groups is 1. The zero-order chi connectivity index (χ0) is 10.4. The van der Waals surface area contributed by atoms with Gasteiger partial charge in [0, 0.05) is 19.5 Å². The van der Waals surface area contributed by atoms with E-state index in [0.717, 1.165) is 25.7 Å². The van der Waals surface area contributed by atoms with Gasteiger partial charge < -0.3 is 16.2 Å². The van der Waals surface area contributed by atoms with Crippen LogP contribution in [0.5, 0.6) is 0 Å². The van der Waals surface area contributed by atoms with Gasteiger partial charge in [-0.1, -0.05) is 12.8 Å². The molecule has 4 heteroatoms. The first-order chi connectivity index (χ1) is 6.74. The normalized spacial score (nSPS) is 27.3. The van der Waals surface area contributed by atoms with Crippen LogP contribution in [0.1, 0.15) is 32.1 Å². The molecule has 1 saturated carbocycles. The van der Waals surface area contributed by atoms with Gasteiger partial charge in [-0.2, -0.15) is 0 Å². The van der Waals surface area contributed by atoms with Crippen LogP contribution in [0.2, 0.25) is 0 Å². The van der Waals surface area contributed by atoms with Crippen LogP contribution in [0.25, 0.3) is 0 Å². The topological polar surface area (TPSA) is 75.3 Å². The highest BCUT2D eigenvalue weighted by Gasteiger charge is 2.24. The number of hydrogen-bond acceptors (Lipinski definition) is 3. The Morgan fingerprint density at radius 2 is 2.14 bits per heavy atom. The average molecular weight is 200 g/mol. The van der Waals surface area contributed by atoms with Gasteiger partial charge in [-0.25, -0.2) is 0 Å². The second-order valence-corrected chi connectivity index (χ2v) is 3.95. The molecule has 4 nitrogen and oxygen atoms in total. The lowest BCUT2D eigenvalue weighted by Crippen LogP contribution is -2.34. The summed E-state index contributed by atoms with van der Waals surface area (Å²) >= 11 is 0. The molecule has 82 valence electrons. The Balaban J connectivity index is 2.23. The molecule has 1 amide bonds. The Labute approximate surface area is 84.9 Å². The summed E-state index contributed by atoms with van der Waals surface area (Å²) < 4.78 is 0. The number of carbonyl (C=O) groups excluding carboxylic acids is 1. The molecule has 0 bridgehead atoms. The molecule has 0 unspecified atom stereocenters. The quantitative estimate of drug-likeness (QED) is 0.598. The van der Waals surface area contributed by atoms with E-state index in [1.165, 1.54) is 0 Å². The van der Waals surface area contributed by atoms with E-state index in [-0.39, 0.29) is 17.9 Å². The van der Waals surface area contributed by atoms with E-state index in [1.807, 2.05) is 0 Å². The number of nitrogens with two attached hydrogens (primary N) is 1. The highest BCUT2D eigenvalue weighted by molar-refractivity contribution is 5.76. The number of hydrogen-bond donors (Lipinski definition) is 3. The van der Waals surface area contributed by atoms with Gasteiger partial charge in [0.2, 0.25) is 5.91 Å². The maximum absolute atomic E-state index is 11.3. The van der Waals surface area contributed by atoms with Crippen molar-refractivity contribution in [1.82, 2.24) is 5.32 Å². The van der Waals surface area contributed by atoms with Crippen molar-refractivity contribution in [2.24, 2.45) is 11.7 Å². The van der Waals surface area contributed by atoms with Crippen molar-refractivity contribution in [3.8, 4) is 0 Å². The Morgan fingerprint density at radius 1 is 1.43 bits per heavy atom. The first-order valence-electron chi connectivity index (χ1n) is 5.39. The zero-order valence-electron chi connectivity index (χ0n) is 8.54. The second-order valence-electron chi connectivity index (χ2n) is 3.95. The highest BCUT2D eigenvalue weighted by Crippen LogP contribution is 2.26. The minimum Gasteiger partial charge on any atom is -0.393 e. The summed E-state index contributed by atoms with van der Waals surface area (Å²) in [5, 5.41) is 12.4. The van der Waals surface area contributed by atoms with E-state index in [1.54, 1.807) is 0 Å². The lowest BCUT2D eigenvalue weighted by molar-refractivity contribution is -0.123. The largest absolute Gasteiger partial charge is 0.393 e. The molecule has 0 heterocycles. The molecule has 0 aromatic rings. The summed E-state index contributed by atoms with van der Waals surface area (Å²) in [4.78, 5) is 11.3. The summed E-state index contributed by atoms with van der Waals surface area (Å²) in [6.07, 6.45) is 4.19. The van der Waals surface area contributed by atoms with Gasteiger partial charge in [0.1, 0.15) is 0 Å². The molecule has 0 radical (unpaired) electrons. The fourth-order valence-corrected chi connectivity index (χ4v) is 1.95. The smallest absolute Gasteiger partial charge is 0.220 e. The number of aliphatic hydroxyl groups excluding tert-OH is 1. The van der Waals surface area contributed by atoms with Crippen LogP contribution in [0.4, 0.5) is 0 Å². The highest BCUT2D eigenvalue weighted by atomic mass is 16.3. The summed E-state index contributed by atoms with van der Waals surface area (Å²) in [5.41, 5.74) is 5.27. The third-order valence-corrected chi connectivity index (χ3v) is 2.78. The Kier molecular flexibility index (Phi) is 4.90. The minimum atomic E-state index is -0.285. The van der Waals surface area contributed by atoms with Gasteiger partial charge in [-0.05, 0) is 18.8 Å². The number of amides is 1. The fraction of sp³-hybridized carbons (Fsp3) is 0.900. The maximum atomic E-state index is 11.3. The van der Waals surface area contributed by atoms with Crippen LogP contribution in [0, 0.1) is 5.92 Å². The maximum Gasteiger partial charge on any atom is 0.220 e.